The van der Waals surface area contributed by atoms with Crippen molar-refractivity contribution < 1.29 is 9.59 Å². The Morgan fingerprint density at radius 2 is 1.74 bits per heavy atom. The lowest BCUT2D eigenvalue weighted by Gasteiger charge is -2.25. The summed E-state index contributed by atoms with van der Waals surface area (Å²) < 4.78 is 1.62. The second-order valence-electron chi connectivity index (χ2n) is 9.53. The first-order chi connectivity index (χ1) is 16.5. The zero-order valence-corrected chi connectivity index (χ0v) is 22.1. The van der Waals surface area contributed by atoms with Gasteiger partial charge in [0.05, 0.1) is 21.4 Å². The minimum Gasteiger partial charge on any atom is -0.327 e. The second-order valence-corrected chi connectivity index (χ2v) is 10.3. The number of amides is 2. The predicted octanol–water partition coefficient (Wildman–Crippen LogP) is 6.37. The van der Waals surface area contributed by atoms with Crippen LogP contribution < -0.4 is 5.32 Å². The van der Waals surface area contributed by atoms with Crippen molar-refractivity contribution in [3.63, 3.8) is 0 Å². The Morgan fingerprint density at radius 3 is 2.34 bits per heavy atom. The second kappa shape index (κ2) is 11.1. The van der Waals surface area contributed by atoms with Gasteiger partial charge in [0.15, 0.2) is 0 Å². The number of aromatic nitrogens is 2. The van der Waals surface area contributed by atoms with E-state index in [2.05, 4.69) is 5.32 Å². The summed E-state index contributed by atoms with van der Waals surface area (Å²) in [6.07, 6.45) is 3.23. The summed E-state index contributed by atoms with van der Waals surface area (Å²) in [5, 5.41) is 8.43. The summed E-state index contributed by atoms with van der Waals surface area (Å²) in [5.74, 6) is -0.0940. The molecule has 0 aliphatic heterocycles. The van der Waals surface area contributed by atoms with E-state index in [1.165, 1.54) is 11.0 Å². The Balaban J connectivity index is 1.83. The first-order valence-electron chi connectivity index (χ1n) is 11.4. The molecule has 2 aromatic carbocycles. The van der Waals surface area contributed by atoms with Crippen LogP contribution in [0.2, 0.25) is 10.0 Å². The fraction of sp³-hybridized carbons (Fsp3) is 0.296. The lowest BCUT2D eigenvalue weighted by molar-refractivity contribution is -0.132. The average Bonchev–Trinajstić information content (AvgIpc) is 3.22. The number of benzene rings is 2. The van der Waals surface area contributed by atoms with Gasteiger partial charge in [-0.25, -0.2) is 4.68 Å². The van der Waals surface area contributed by atoms with Crippen LogP contribution in [-0.2, 0) is 15.0 Å². The summed E-state index contributed by atoms with van der Waals surface area (Å²) >= 11 is 12.3. The molecule has 0 radical (unpaired) electrons. The van der Waals surface area contributed by atoms with Gasteiger partial charge >= 0.3 is 0 Å². The molecule has 3 aromatic rings. The van der Waals surface area contributed by atoms with Crippen molar-refractivity contribution in [1.82, 2.24) is 14.7 Å². The number of nitrogens with one attached hydrogen (secondary N) is 1. The van der Waals surface area contributed by atoms with E-state index < -0.39 is 0 Å². The van der Waals surface area contributed by atoms with Crippen molar-refractivity contribution in [2.24, 2.45) is 0 Å². The fourth-order valence-corrected chi connectivity index (χ4v) is 3.62. The lowest BCUT2D eigenvalue weighted by atomic mass is 9.92. The van der Waals surface area contributed by atoms with Crippen LogP contribution in [0.1, 0.15) is 45.9 Å². The van der Waals surface area contributed by atoms with Gasteiger partial charge in [-0.3, -0.25) is 9.59 Å². The molecule has 2 amide bonds. The minimum absolute atomic E-state index is 0.104. The number of halogens is 2. The summed E-state index contributed by atoms with van der Waals surface area (Å²) in [6.45, 7) is 9.76. The maximum Gasteiger partial charge on any atom is 0.247 e. The molecule has 0 aliphatic rings. The maximum absolute atomic E-state index is 13.1. The highest BCUT2D eigenvalue weighted by molar-refractivity contribution is 6.42. The molecule has 8 heteroatoms. The molecule has 0 saturated heterocycles. The molecule has 0 aliphatic carbocycles. The molecule has 35 heavy (non-hydrogen) atoms. The third-order valence-electron chi connectivity index (χ3n) is 5.33. The SMILES string of the molecule is CC(C)N(CC(=O)Nc1cc(C(C)(C)C)nn1-c1ccc(Cl)c(Cl)c1)C(=O)C=Cc1ccccc1. The summed E-state index contributed by atoms with van der Waals surface area (Å²) in [7, 11) is 0. The number of anilines is 1. The number of rotatable bonds is 7. The van der Waals surface area contributed by atoms with Crippen LogP contribution in [0.4, 0.5) is 5.82 Å². The number of hydrogen-bond donors (Lipinski definition) is 1. The van der Waals surface area contributed by atoms with Crippen molar-refractivity contribution in [3.05, 3.63) is 82.0 Å². The van der Waals surface area contributed by atoms with E-state index in [-0.39, 0.29) is 29.8 Å². The van der Waals surface area contributed by atoms with Crippen LogP contribution in [0, 0.1) is 0 Å². The Morgan fingerprint density at radius 1 is 1.06 bits per heavy atom. The van der Waals surface area contributed by atoms with Crippen LogP contribution in [-0.4, -0.2) is 39.1 Å². The number of carbonyl (C=O) groups is 2. The molecule has 0 unspecified atom stereocenters. The van der Waals surface area contributed by atoms with Gasteiger partial charge in [-0.15, -0.1) is 0 Å². The lowest BCUT2D eigenvalue weighted by Crippen LogP contribution is -2.41. The molecule has 0 fully saturated rings. The molecule has 3 rings (SSSR count). The molecule has 1 heterocycles. The van der Waals surface area contributed by atoms with Crippen LogP contribution in [0.25, 0.3) is 11.8 Å². The average molecular weight is 513 g/mol. The number of hydrogen-bond acceptors (Lipinski definition) is 3. The molecule has 0 atom stereocenters. The summed E-state index contributed by atoms with van der Waals surface area (Å²) in [5.41, 5.74) is 2.12. The molecular formula is C27H30Cl2N4O2. The Hall–Kier alpha value is -3.09. The van der Waals surface area contributed by atoms with E-state index in [1.807, 2.05) is 71.0 Å². The molecule has 6 nitrogen and oxygen atoms in total. The predicted molar refractivity (Wildman–Crippen MR) is 143 cm³/mol. The zero-order valence-electron chi connectivity index (χ0n) is 20.5. The highest BCUT2D eigenvalue weighted by atomic mass is 35.5. The quantitative estimate of drug-likeness (QED) is 0.374. The molecule has 0 spiro atoms. The molecule has 184 valence electrons. The normalized spacial score (nSPS) is 11.8. The third kappa shape index (κ3) is 6.96. The topological polar surface area (TPSA) is 67.2 Å². The first kappa shape index (κ1) is 26.5. The van der Waals surface area contributed by atoms with E-state index >= 15 is 0 Å². The van der Waals surface area contributed by atoms with E-state index in [1.54, 1.807) is 29.0 Å². The Bertz CT molecular complexity index is 1230. The van der Waals surface area contributed by atoms with E-state index in [9.17, 15) is 9.59 Å². The first-order valence-corrected chi connectivity index (χ1v) is 12.1. The third-order valence-corrected chi connectivity index (χ3v) is 6.07. The van der Waals surface area contributed by atoms with E-state index in [0.29, 0.717) is 21.6 Å². The Kier molecular flexibility index (Phi) is 8.41. The van der Waals surface area contributed by atoms with Gasteiger partial charge in [-0.05, 0) is 43.7 Å². The van der Waals surface area contributed by atoms with Gasteiger partial charge in [0.25, 0.3) is 0 Å². The summed E-state index contributed by atoms with van der Waals surface area (Å²) in [6, 6.07) is 16.4. The van der Waals surface area contributed by atoms with Crippen LogP contribution in [0.5, 0.6) is 0 Å². The van der Waals surface area contributed by atoms with Gasteiger partial charge in [-0.1, -0.05) is 74.3 Å². The largest absolute Gasteiger partial charge is 0.327 e. The fourth-order valence-electron chi connectivity index (χ4n) is 3.33. The van der Waals surface area contributed by atoms with Crippen molar-refractivity contribution >= 4 is 46.9 Å². The monoisotopic (exact) mass is 512 g/mol. The molecule has 1 aromatic heterocycles. The van der Waals surface area contributed by atoms with Crippen LogP contribution in [0.15, 0.2) is 60.7 Å². The highest BCUT2D eigenvalue weighted by Crippen LogP contribution is 2.29. The smallest absolute Gasteiger partial charge is 0.247 e. The van der Waals surface area contributed by atoms with E-state index in [0.717, 1.165) is 11.3 Å². The van der Waals surface area contributed by atoms with Crippen LogP contribution in [0.3, 0.4) is 0 Å². The molecule has 0 bridgehead atoms. The standard InChI is InChI=1S/C27H30Cl2N4O2/c1-18(2)32(26(35)14-11-19-9-7-6-8-10-19)17-25(34)30-24-16-23(27(3,4)5)31-33(24)20-12-13-21(28)22(29)15-20/h6-16,18H,17H2,1-5H3,(H,30,34). The molecule has 0 saturated carbocycles. The number of nitrogens with zero attached hydrogens (tertiary/aromatic N) is 3. The van der Waals surface area contributed by atoms with Gasteiger partial charge in [0.1, 0.15) is 12.4 Å². The maximum atomic E-state index is 13.1. The van der Waals surface area contributed by atoms with E-state index in [4.69, 9.17) is 28.3 Å². The van der Waals surface area contributed by atoms with Crippen molar-refractivity contribution in [2.45, 2.75) is 46.1 Å². The van der Waals surface area contributed by atoms with Gasteiger partial charge in [0, 0.05) is 23.6 Å². The van der Waals surface area contributed by atoms with Gasteiger partial charge < -0.3 is 10.2 Å². The van der Waals surface area contributed by atoms with Gasteiger partial charge in [0.2, 0.25) is 11.8 Å². The van der Waals surface area contributed by atoms with Crippen molar-refractivity contribution in [2.75, 3.05) is 11.9 Å². The Labute approximate surface area is 216 Å². The highest BCUT2D eigenvalue weighted by Gasteiger charge is 2.23. The molecule has 1 N–H and O–H groups in total. The van der Waals surface area contributed by atoms with Crippen LogP contribution >= 0.6 is 23.2 Å². The number of carbonyl (C=O) groups excluding carboxylic acids is 2. The zero-order chi connectivity index (χ0) is 25.8. The van der Waals surface area contributed by atoms with Gasteiger partial charge in [-0.2, -0.15) is 5.10 Å². The van der Waals surface area contributed by atoms with Crippen molar-refractivity contribution in [3.8, 4) is 5.69 Å². The molecular weight excluding hydrogens is 483 g/mol. The minimum atomic E-state index is -0.332. The van der Waals surface area contributed by atoms with Crippen molar-refractivity contribution in [1.29, 1.82) is 0 Å². The summed E-state index contributed by atoms with van der Waals surface area (Å²) in [4.78, 5) is 27.4.